The molecule has 0 aromatic carbocycles. The summed E-state index contributed by atoms with van der Waals surface area (Å²) in [6.07, 6.45) is -7.76. The predicted octanol–water partition coefficient (Wildman–Crippen LogP) is 4.77. The zero-order valence-electron chi connectivity index (χ0n) is 24.3. The predicted molar refractivity (Wildman–Crippen MR) is 143 cm³/mol. The van der Waals surface area contributed by atoms with Gasteiger partial charge in [0.25, 0.3) is 12.4 Å². The summed E-state index contributed by atoms with van der Waals surface area (Å²) in [5.74, 6) is -8.00. The average molecular weight is 666 g/mol. The zero-order chi connectivity index (χ0) is 33.9. The van der Waals surface area contributed by atoms with Gasteiger partial charge in [-0.15, -0.1) is 0 Å². The van der Waals surface area contributed by atoms with Gasteiger partial charge in [-0.25, -0.2) is 32.2 Å². The molecule has 5 rings (SSSR count). The van der Waals surface area contributed by atoms with E-state index >= 15 is 0 Å². The Kier molecular flexibility index (Phi) is 9.91. The Labute approximate surface area is 255 Å². The number of pyridine rings is 1. The van der Waals surface area contributed by atoms with Crippen molar-refractivity contribution in [2.75, 3.05) is 6.54 Å². The molecule has 2 amide bonds. The molecular formula is C27H30F7N7O5. The highest BCUT2D eigenvalue weighted by atomic mass is 19.4. The van der Waals surface area contributed by atoms with Crippen LogP contribution in [-0.4, -0.2) is 73.2 Å². The van der Waals surface area contributed by atoms with E-state index in [-0.39, 0.29) is 47.9 Å². The second-order valence-electron chi connectivity index (χ2n) is 11.4. The number of rotatable bonds is 7. The van der Waals surface area contributed by atoms with E-state index in [2.05, 4.69) is 35.2 Å². The Balaban J connectivity index is 0.00000154. The van der Waals surface area contributed by atoms with E-state index in [0.717, 1.165) is 0 Å². The molecule has 0 bridgehead atoms. The number of nitrogens with zero attached hydrogens (tertiary/aromatic N) is 4. The lowest BCUT2D eigenvalue weighted by atomic mass is 9.69. The van der Waals surface area contributed by atoms with Gasteiger partial charge in [0.05, 0.1) is 22.7 Å². The first-order chi connectivity index (χ1) is 21.5. The summed E-state index contributed by atoms with van der Waals surface area (Å²) in [6, 6.07) is 1.91. The zero-order valence-corrected chi connectivity index (χ0v) is 24.3. The number of nitrogens with one attached hydrogen (secondary N) is 3. The lowest BCUT2D eigenvalue weighted by Crippen LogP contribution is -2.50. The molecule has 2 fully saturated rings. The number of amides is 2. The smallest absolute Gasteiger partial charge is 0.405 e. The van der Waals surface area contributed by atoms with E-state index in [0.29, 0.717) is 5.52 Å². The third kappa shape index (κ3) is 7.90. The number of H-pyrrole nitrogens is 1. The topological polar surface area (TPSA) is 176 Å². The normalized spacial score (nSPS) is 19.8. The number of aryl methyl sites for hydroxylation is 1. The first-order valence-corrected chi connectivity index (χ1v) is 14.1. The molecule has 2 saturated carbocycles. The van der Waals surface area contributed by atoms with Crippen LogP contribution in [0, 0.1) is 12.8 Å². The summed E-state index contributed by atoms with van der Waals surface area (Å²) in [5, 5.41) is 18.6. The highest BCUT2D eigenvalue weighted by Crippen LogP contribution is 2.46. The van der Waals surface area contributed by atoms with Crippen molar-refractivity contribution < 1.29 is 54.9 Å². The number of carbonyl (C=O) groups is 3. The van der Waals surface area contributed by atoms with Crippen molar-refractivity contribution in [2.45, 2.75) is 87.8 Å². The van der Waals surface area contributed by atoms with Gasteiger partial charge in [-0.3, -0.25) is 14.4 Å². The summed E-state index contributed by atoms with van der Waals surface area (Å²) >= 11 is 0. The lowest BCUT2D eigenvalue weighted by molar-refractivity contribution is -0.145. The van der Waals surface area contributed by atoms with E-state index in [4.69, 9.17) is 9.90 Å². The third-order valence-corrected chi connectivity index (χ3v) is 8.26. The SMILES string of the molecule is Cc1nonc1C(=O)NC(c1nc2nc(C3(C(=O)NCC(F)(F)F)CCC(F)(F)CC3)ccc2[nH]1)C1CCC(F)(F)CC1.O=CO. The van der Waals surface area contributed by atoms with E-state index in [1.807, 2.05) is 5.32 Å². The van der Waals surface area contributed by atoms with Gasteiger partial charge in [0.2, 0.25) is 17.8 Å². The maximum absolute atomic E-state index is 14.1. The number of alkyl halides is 7. The van der Waals surface area contributed by atoms with Crippen LogP contribution in [0.4, 0.5) is 30.7 Å². The molecule has 2 aliphatic rings. The molecule has 3 aromatic rings. The monoisotopic (exact) mass is 665 g/mol. The van der Waals surface area contributed by atoms with Gasteiger partial charge < -0.3 is 20.7 Å². The molecule has 1 unspecified atom stereocenters. The Bertz CT molecular complexity index is 1540. The van der Waals surface area contributed by atoms with Crippen molar-refractivity contribution >= 4 is 29.5 Å². The Hall–Kier alpha value is -4.32. The fourth-order valence-electron chi connectivity index (χ4n) is 5.77. The van der Waals surface area contributed by atoms with E-state index < -0.39 is 92.3 Å². The average Bonchev–Trinajstić information content (AvgIpc) is 3.61. The van der Waals surface area contributed by atoms with Crippen molar-refractivity contribution in [1.82, 2.24) is 35.9 Å². The molecule has 3 heterocycles. The molecular weight excluding hydrogens is 635 g/mol. The molecule has 0 aliphatic heterocycles. The molecule has 19 heteroatoms. The summed E-state index contributed by atoms with van der Waals surface area (Å²) in [5.41, 5.74) is -1.38. The van der Waals surface area contributed by atoms with E-state index in [1.165, 1.54) is 19.1 Å². The minimum absolute atomic E-state index is 0.00695. The molecule has 3 aromatic heterocycles. The first kappa shape index (κ1) is 34.6. The second-order valence-corrected chi connectivity index (χ2v) is 11.4. The molecule has 4 N–H and O–H groups in total. The van der Waals surface area contributed by atoms with Crippen LogP contribution in [0.2, 0.25) is 0 Å². The molecule has 12 nitrogen and oxygen atoms in total. The summed E-state index contributed by atoms with van der Waals surface area (Å²) < 4.78 is 99.2. The third-order valence-electron chi connectivity index (χ3n) is 8.26. The van der Waals surface area contributed by atoms with Crippen molar-refractivity contribution in [2.24, 2.45) is 5.92 Å². The minimum atomic E-state index is -4.72. The highest BCUT2D eigenvalue weighted by molar-refractivity contribution is 5.93. The maximum atomic E-state index is 14.1. The van der Waals surface area contributed by atoms with Crippen molar-refractivity contribution in [3.63, 3.8) is 0 Å². The van der Waals surface area contributed by atoms with Crippen LogP contribution < -0.4 is 10.6 Å². The van der Waals surface area contributed by atoms with Crippen LogP contribution in [0.5, 0.6) is 0 Å². The quantitative estimate of drug-likeness (QED) is 0.205. The number of aromatic nitrogens is 5. The lowest BCUT2D eigenvalue weighted by Gasteiger charge is -2.38. The molecule has 0 spiro atoms. The largest absolute Gasteiger partial charge is 0.483 e. The number of aromatic amines is 1. The van der Waals surface area contributed by atoms with Crippen LogP contribution in [0.3, 0.4) is 0 Å². The standard InChI is InChI=1S/C26H28F7N7O3.CH2O2/c1-13-17(40-43-39-13)21(41)37-18(14-4-6-24(27,28)7-5-14)20-35-15-2-3-16(36-19(15)38-20)23(8-10-25(29,30)11-9-23)22(42)34-12-26(31,32)33;2-1-3/h2-3,14,18H,4-12H2,1H3,(H,34,42)(H,37,41)(H,35,36,38);1H,(H,2,3). The van der Waals surface area contributed by atoms with Gasteiger partial charge in [-0.2, -0.15) is 13.2 Å². The summed E-state index contributed by atoms with van der Waals surface area (Å²) in [4.78, 5) is 46.3. The Morgan fingerprint density at radius 2 is 1.65 bits per heavy atom. The van der Waals surface area contributed by atoms with Gasteiger partial charge in [-0.05, 0) is 55.8 Å². The fraction of sp³-hybridized carbons (Fsp3) is 0.593. The van der Waals surface area contributed by atoms with Crippen LogP contribution in [-0.2, 0) is 15.0 Å². The van der Waals surface area contributed by atoms with Crippen LogP contribution in [0.25, 0.3) is 11.2 Å². The number of carbonyl (C=O) groups excluding carboxylic acids is 2. The molecule has 46 heavy (non-hydrogen) atoms. The first-order valence-electron chi connectivity index (χ1n) is 14.1. The fourth-order valence-corrected chi connectivity index (χ4v) is 5.77. The van der Waals surface area contributed by atoms with Crippen molar-refractivity contribution in [3.8, 4) is 0 Å². The van der Waals surface area contributed by atoms with Crippen LogP contribution in [0.1, 0.15) is 85.1 Å². The van der Waals surface area contributed by atoms with Gasteiger partial charge in [0, 0.05) is 25.7 Å². The summed E-state index contributed by atoms with van der Waals surface area (Å²) in [6.45, 7) is -0.392. The maximum Gasteiger partial charge on any atom is 0.405 e. The van der Waals surface area contributed by atoms with Crippen LogP contribution in [0.15, 0.2) is 16.8 Å². The number of halogens is 7. The van der Waals surface area contributed by atoms with Gasteiger partial charge in [0.15, 0.2) is 11.3 Å². The van der Waals surface area contributed by atoms with Crippen LogP contribution >= 0.6 is 0 Å². The number of carboxylic acid groups (broad SMARTS) is 1. The molecule has 0 saturated heterocycles. The van der Waals surface area contributed by atoms with E-state index in [1.54, 1.807) is 0 Å². The van der Waals surface area contributed by atoms with E-state index in [9.17, 15) is 40.3 Å². The molecule has 2 aliphatic carbocycles. The van der Waals surface area contributed by atoms with Gasteiger partial charge >= 0.3 is 6.18 Å². The van der Waals surface area contributed by atoms with Gasteiger partial charge in [0.1, 0.15) is 18.1 Å². The number of hydrogen-bond acceptors (Lipinski definition) is 8. The Morgan fingerprint density at radius 3 is 2.22 bits per heavy atom. The highest BCUT2D eigenvalue weighted by Gasteiger charge is 2.50. The molecule has 252 valence electrons. The number of hydrogen-bond donors (Lipinski definition) is 4. The number of fused-ring (bicyclic) bond motifs is 1. The second kappa shape index (κ2) is 13.2. The Morgan fingerprint density at radius 1 is 1.04 bits per heavy atom. The number of imidazole rings is 1. The van der Waals surface area contributed by atoms with Gasteiger partial charge in [-0.1, -0.05) is 5.16 Å². The molecule has 0 radical (unpaired) electrons. The minimum Gasteiger partial charge on any atom is -0.483 e. The summed E-state index contributed by atoms with van der Waals surface area (Å²) in [7, 11) is 0. The van der Waals surface area contributed by atoms with Crippen molar-refractivity contribution in [1.29, 1.82) is 0 Å². The van der Waals surface area contributed by atoms with Crippen molar-refractivity contribution in [3.05, 3.63) is 35.0 Å². The molecule has 1 atom stereocenters.